The van der Waals surface area contributed by atoms with Gasteiger partial charge in [-0.15, -0.1) is 0 Å². The minimum Gasteiger partial charge on any atom is -0.419 e. The normalized spacial score (nSPS) is 8.38. The lowest BCUT2D eigenvalue weighted by Gasteiger charge is -2.06. The number of carbonyl (C=O) groups excluding carboxylic acids is 1. The molecule has 0 saturated heterocycles. The highest BCUT2D eigenvalue weighted by atomic mass is 16.6. The molecule has 0 spiro atoms. The average Bonchev–Trinajstić information content (AvgIpc) is 1.67. The van der Waals surface area contributed by atoms with Crippen LogP contribution in [0.4, 0.5) is 4.79 Å². The van der Waals surface area contributed by atoms with E-state index in [2.05, 4.69) is 4.74 Å². The summed E-state index contributed by atoms with van der Waals surface area (Å²) >= 11 is 0. The summed E-state index contributed by atoms with van der Waals surface area (Å²) in [4.78, 5) is 11.4. The molecule has 1 radical (unpaired) electrons. The number of hydrogen-bond donors (Lipinski definition) is 0. The van der Waals surface area contributed by atoms with Crippen molar-refractivity contribution in [3.05, 3.63) is 0 Å². The molecule has 0 N–H and O–H groups in total. The van der Waals surface area contributed by atoms with Gasteiger partial charge in [0.25, 0.3) is 0 Å². The predicted molar refractivity (Wildman–Crippen MR) is 25.7 cm³/mol. The predicted octanol–water partition coefficient (Wildman–Crippen LogP) is 0.0726. The molecule has 47 valence electrons. The van der Waals surface area contributed by atoms with Crippen LogP contribution in [0, 0.1) is 0 Å². The van der Waals surface area contributed by atoms with Gasteiger partial charge in [0.05, 0.1) is 0 Å². The van der Waals surface area contributed by atoms with E-state index < -0.39 is 12.9 Å². The zero-order valence-electron chi connectivity index (χ0n) is 4.88. The van der Waals surface area contributed by atoms with E-state index in [1.54, 1.807) is 0 Å². The summed E-state index contributed by atoms with van der Waals surface area (Å²) in [7, 11) is 3.02. The third-order valence-corrected chi connectivity index (χ3v) is 0.548. The van der Waals surface area contributed by atoms with Crippen LogP contribution >= 0.6 is 0 Å². The van der Waals surface area contributed by atoms with Gasteiger partial charge in [0.2, 0.25) is 6.79 Å². The summed E-state index contributed by atoms with van der Waals surface area (Å²) in [6.07, 6.45) is -0.597. The van der Waals surface area contributed by atoms with Gasteiger partial charge in [0, 0.05) is 14.1 Å². The zero-order chi connectivity index (χ0) is 6.57. The SMILES string of the molecule is CN(C)C(=O)OC[O]. The second-order valence-electron chi connectivity index (χ2n) is 1.42. The van der Waals surface area contributed by atoms with Crippen molar-refractivity contribution in [1.82, 2.24) is 4.90 Å². The van der Waals surface area contributed by atoms with Crippen LogP contribution in [-0.4, -0.2) is 31.9 Å². The van der Waals surface area contributed by atoms with Crippen LogP contribution in [0.5, 0.6) is 0 Å². The molecule has 0 heterocycles. The lowest BCUT2D eigenvalue weighted by atomic mass is 10.9. The molecule has 0 aromatic heterocycles. The highest BCUT2D eigenvalue weighted by Gasteiger charge is 2.00. The first kappa shape index (κ1) is 7.23. The first-order valence-electron chi connectivity index (χ1n) is 2.10. The van der Waals surface area contributed by atoms with Gasteiger partial charge >= 0.3 is 6.09 Å². The van der Waals surface area contributed by atoms with Gasteiger partial charge in [-0.2, -0.15) is 5.11 Å². The van der Waals surface area contributed by atoms with Crippen LogP contribution in [0.2, 0.25) is 0 Å². The van der Waals surface area contributed by atoms with E-state index in [-0.39, 0.29) is 0 Å². The molecule has 0 aliphatic heterocycles. The molecule has 0 saturated carbocycles. The maximum atomic E-state index is 10.2. The van der Waals surface area contributed by atoms with Crippen LogP contribution < -0.4 is 0 Å². The van der Waals surface area contributed by atoms with Gasteiger partial charge in [0.1, 0.15) is 0 Å². The van der Waals surface area contributed by atoms with E-state index in [4.69, 9.17) is 0 Å². The molecule has 0 aromatic carbocycles. The number of ether oxygens (including phenoxy) is 1. The van der Waals surface area contributed by atoms with Gasteiger partial charge < -0.3 is 9.64 Å². The van der Waals surface area contributed by atoms with Crippen LogP contribution in [0.15, 0.2) is 0 Å². The highest BCUT2D eigenvalue weighted by Crippen LogP contribution is 1.81. The topological polar surface area (TPSA) is 49.4 Å². The Morgan fingerprint density at radius 1 is 1.62 bits per heavy atom. The number of rotatable bonds is 1. The number of nitrogens with zero attached hydrogens (tertiary/aromatic N) is 1. The first-order chi connectivity index (χ1) is 3.68. The molecule has 0 aromatic rings. The van der Waals surface area contributed by atoms with E-state index in [1.165, 1.54) is 19.0 Å². The summed E-state index contributed by atoms with van der Waals surface area (Å²) in [5.74, 6) is 0. The van der Waals surface area contributed by atoms with Gasteiger partial charge in [-0.3, -0.25) is 0 Å². The second-order valence-corrected chi connectivity index (χ2v) is 1.42. The summed E-state index contributed by atoms with van der Waals surface area (Å²) < 4.78 is 4.03. The second kappa shape index (κ2) is 3.26. The van der Waals surface area contributed by atoms with E-state index >= 15 is 0 Å². The molecule has 0 fully saturated rings. The summed E-state index contributed by atoms with van der Waals surface area (Å²) in [6.45, 7) is -0.809. The number of hydrogen-bond acceptors (Lipinski definition) is 2. The molecule has 0 aliphatic carbocycles. The summed E-state index contributed by atoms with van der Waals surface area (Å²) in [5, 5.41) is 9.57. The Kier molecular flexibility index (Phi) is 2.95. The van der Waals surface area contributed by atoms with E-state index in [9.17, 15) is 9.90 Å². The Labute approximate surface area is 47.7 Å². The van der Waals surface area contributed by atoms with Crippen LogP contribution in [-0.2, 0) is 9.84 Å². The monoisotopic (exact) mass is 118 g/mol. The van der Waals surface area contributed by atoms with E-state index in [0.29, 0.717) is 0 Å². The van der Waals surface area contributed by atoms with Crippen LogP contribution in [0.25, 0.3) is 0 Å². The van der Waals surface area contributed by atoms with Crippen molar-refractivity contribution in [2.75, 3.05) is 20.9 Å². The van der Waals surface area contributed by atoms with Gasteiger partial charge in [-0.05, 0) is 0 Å². The van der Waals surface area contributed by atoms with Crippen molar-refractivity contribution >= 4 is 6.09 Å². The van der Waals surface area contributed by atoms with Crippen molar-refractivity contribution in [2.24, 2.45) is 0 Å². The van der Waals surface area contributed by atoms with Crippen molar-refractivity contribution in [3.8, 4) is 0 Å². The largest absolute Gasteiger partial charge is 0.419 e. The summed E-state index contributed by atoms with van der Waals surface area (Å²) in [6, 6.07) is 0. The van der Waals surface area contributed by atoms with Gasteiger partial charge in [-0.1, -0.05) is 0 Å². The lowest BCUT2D eigenvalue weighted by Crippen LogP contribution is -2.22. The quantitative estimate of drug-likeness (QED) is 0.457. The fourth-order valence-electron chi connectivity index (χ4n) is 0.180. The van der Waals surface area contributed by atoms with Crippen molar-refractivity contribution in [2.45, 2.75) is 0 Å². The maximum absolute atomic E-state index is 10.2. The molecule has 0 aliphatic rings. The lowest BCUT2D eigenvalue weighted by molar-refractivity contribution is -0.0107. The molecule has 0 unspecified atom stereocenters. The van der Waals surface area contributed by atoms with Crippen molar-refractivity contribution in [1.29, 1.82) is 0 Å². The number of amides is 1. The highest BCUT2D eigenvalue weighted by molar-refractivity contribution is 5.66. The third kappa shape index (κ3) is 2.41. The van der Waals surface area contributed by atoms with Crippen molar-refractivity contribution < 1.29 is 14.6 Å². The maximum Gasteiger partial charge on any atom is 0.411 e. The van der Waals surface area contributed by atoms with Crippen LogP contribution in [0.1, 0.15) is 0 Å². The van der Waals surface area contributed by atoms with Gasteiger partial charge in [-0.25, -0.2) is 4.79 Å². The summed E-state index contributed by atoms with van der Waals surface area (Å²) in [5.41, 5.74) is 0. The van der Waals surface area contributed by atoms with E-state index in [1.807, 2.05) is 0 Å². The Morgan fingerprint density at radius 2 is 2.12 bits per heavy atom. The molecule has 0 atom stereocenters. The van der Waals surface area contributed by atoms with Crippen molar-refractivity contribution in [3.63, 3.8) is 0 Å². The Hall–Kier alpha value is -0.770. The minimum atomic E-state index is -0.809. The minimum absolute atomic E-state index is 0.597. The van der Waals surface area contributed by atoms with Crippen LogP contribution in [0.3, 0.4) is 0 Å². The fourth-order valence-corrected chi connectivity index (χ4v) is 0.180. The fraction of sp³-hybridized carbons (Fsp3) is 0.750. The molecule has 8 heavy (non-hydrogen) atoms. The Balaban J connectivity index is 3.33. The Morgan fingerprint density at radius 3 is 2.25 bits per heavy atom. The zero-order valence-corrected chi connectivity index (χ0v) is 4.88. The third-order valence-electron chi connectivity index (χ3n) is 0.548. The standard InChI is InChI=1S/C4H8NO3/c1-5(2)4(7)8-3-6/h3H2,1-2H3. The molecule has 4 nitrogen and oxygen atoms in total. The average molecular weight is 118 g/mol. The molecular weight excluding hydrogens is 110 g/mol. The van der Waals surface area contributed by atoms with E-state index in [0.717, 1.165) is 0 Å². The van der Waals surface area contributed by atoms with Gasteiger partial charge in [0.15, 0.2) is 0 Å². The molecule has 0 bridgehead atoms. The number of carbonyl (C=O) groups is 1. The smallest absolute Gasteiger partial charge is 0.411 e. The molecule has 4 heteroatoms. The first-order valence-corrected chi connectivity index (χ1v) is 2.10. The molecular formula is C4H8NO3. The molecule has 0 rings (SSSR count). The Bertz CT molecular complexity index is 81.4. The molecule has 1 amide bonds.